The molecule has 0 bridgehead atoms. The fourth-order valence-electron chi connectivity index (χ4n) is 2.80. The molecule has 0 radical (unpaired) electrons. The molecule has 0 aromatic rings. The minimum atomic E-state index is -3.67. The minimum Gasteiger partial charge on any atom is -0.353 e. The normalized spacial score (nSPS) is 19.2. The summed E-state index contributed by atoms with van der Waals surface area (Å²) in [4.78, 5) is 25.5. The highest BCUT2D eigenvalue weighted by Gasteiger charge is 2.29. The number of hydrogen-bond donors (Lipinski definition) is 3. The highest BCUT2D eigenvalue weighted by molar-refractivity contribution is 7.89. The average Bonchev–Trinajstić information content (AvgIpc) is 2.50. The molecule has 2 amide bonds. The number of nitrogens with zero attached hydrogens (tertiary/aromatic N) is 1. The van der Waals surface area contributed by atoms with Gasteiger partial charge in [-0.1, -0.05) is 0 Å². The Morgan fingerprint density at radius 3 is 2.44 bits per heavy atom. The summed E-state index contributed by atoms with van der Waals surface area (Å²) in [5, 5.41) is 2.60. The largest absolute Gasteiger partial charge is 0.353 e. The number of nitrogens with one attached hydrogen (secondary N) is 2. The third kappa shape index (κ3) is 8.84. The second-order valence-corrected chi connectivity index (χ2v) is 8.55. The topological polar surface area (TPSA) is 122 Å². The average molecular weight is 399 g/mol. The molecule has 10 heteroatoms. The van der Waals surface area contributed by atoms with E-state index >= 15 is 0 Å². The van der Waals surface area contributed by atoms with Crippen LogP contribution in [0.1, 0.15) is 46.5 Å². The molecule has 1 saturated heterocycles. The van der Waals surface area contributed by atoms with Gasteiger partial charge in [0.15, 0.2) is 0 Å². The fourth-order valence-corrected chi connectivity index (χ4v) is 3.74. The first kappa shape index (κ1) is 24.1. The zero-order chi connectivity index (χ0) is 18.3. The van der Waals surface area contributed by atoms with E-state index in [2.05, 4.69) is 10.0 Å². The lowest BCUT2D eigenvalue weighted by Gasteiger charge is -2.38. The molecule has 0 spiro atoms. The van der Waals surface area contributed by atoms with Crippen LogP contribution in [0.2, 0.25) is 0 Å². The molecule has 1 heterocycles. The smallest absolute Gasteiger partial charge is 0.235 e. The van der Waals surface area contributed by atoms with Gasteiger partial charge in [0.25, 0.3) is 0 Å². The third-order valence-electron chi connectivity index (χ3n) is 3.96. The van der Waals surface area contributed by atoms with Crippen molar-refractivity contribution in [1.29, 1.82) is 0 Å². The Balaban J connectivity index is 0.00000576. The van der Waals surface area contributed by atoms with E-state index in [1.165, 1.54) is 0 Å². The molecule has 4 N–H and O–H groups in total. The van der Waals surface area contributed by atoms with Gasteiger partial charge in [0.1, 0.15) is 0 Å². The lowest BCUT2D eigenvalue weighted by atomic mass is 9.96. The van der Waals surface area contributed by atoms with Gasteiger partial charge >= 0.3 is 0 Å². The zero-order valence-corrected chi connectivity index (χ0v) is 16.8. The van der Waals surface area contributed by atoms with Crippen LogP contribution in [0.25, 0.3) is 0 Å². The van der Waals surface area contributed by atoms with Gasteiger partial charge in [-0.05, 0) is 40.0 Å². The van der Waals surface area contributed by atoms with Gasteiger partial charge in [-0.3, -0.25) is 9.59 Å². The molecule has 1 aliphatic rings. The van der Waals surface area contributed by atoms with Crippen LogP contribution in [0.5, 0.6) is 0 Å². The van der Waals surface area contributed by atoms with E-state index in [-0.39, 0.29) is 55.2 Å². The summed E-state index contributed by atoms with van der Waals surface area (Å²) >= 11 is 0. The maximum Gasteiger partial charge on any atom is 0.235 e. The molecule has 0 saturated carbocycles. The van der Waals surface area contributed by atoms with Gasteiger partial charge in [0.2, 0.25) is 21.8 Å². The highest BCUT2D eigenvalue weighted by Crippen LogP contribution is 2.20. The fraction of sp³-hybridized carbons (Fsp3) is 0.867. The third-order valence-corrected chi connectivity index (χ3v) is 5.29. The molecular weight excluding hydrogens is 368 g/mol. The standard InChI is InChI=1S/C15H30N4O4S.ClH/c1-11(2)18-14(20)10-17-24(22,23)9-7-15(21)19-8-5-4-6-13(19)12(3)16;/h11-13,17H,4-10,16H2,1-3H3,(H,18,20);1H. The van der Waals surface area contributed by atoms with Crippen molar-refractivity contribution in [2.45, 2.75) is 64.6 Å². The Hall–Kier alpha value is -0.900. The maximum atomic E-state index is 12.3. The van der Waals surface area contributed by atoms with E-state index in [0.717, 1.165) is 19.3 Å². The van der Waals surface area contributed by atoms with Gasteiger partial charge in [0, 0.05) is 31.1 Å². The van der Waals surface area contributed by atoms with Gasteiger partial charge < -0.3 is 16.0 Å². The van der Waals surface area contributed by atoms with Crippen LogP contribution in [-0.2, 0) is 19.6 Å². The minimum absolute atomic E-state index is 0. The number of carbonyl (C=O) groups excluding carboxylic acids is 2. The van der Waals surface area contributed by atoms with Gasteiger partial charge in [0.05, 0.1) is 12.3 Å². The number of likely N-dealkylation sites (tertiary alicyclic amines) is 1. The molecule has 8 nitrogen and oxygen atoms in total. The molecule has 0 aromatic heterocycles. The van der Waals surface area contributed by atoms with Gasteiger partial charge in [-0.25, -0.2) is 13.1 Å². The Morgan fingerprint density at radius 1 is 1.24 bits per heavy atom. The van der Waals surface area contributed by atoms with Crippen molar-refractivity contribution in [3.05, 3.63) is 0 Å². The quantitative estimate of drug-likeness (QED) is 0.530. The number of halogens is 1. The predicted molar refractivity (Wildman–Crippen MR) is 99.9 cm³/mol. The number of piperidine rings is 1. The number of rotatable bonds is 8. The van der Waals surface area contributed by atoms with Crippen LogP contribution in [0.15, 0.2) is 0 Å². The summed E-state index contributed by atoms with van der Waals surface area (Å²) in [6, 6.07) is -0.222. The predicted octanol–water partition coefficient (Wildman–Crippen LogP) is -0.0294. The van der Waals surface area contributed by atoms with Crippen molar-refractivity contribution in [3.8, 4) is 0 Å². The van der Waals surface area contributed by atoms with E-state index in [9.17, 15) is 18.0 Å². The molecule has 1 rings (SSSR count). The molecule has 25 heavy (non-hydrogen) atoms. The first-order valence-corrected chi connectivity index (χ1v) is 10.1. The monoisotopic (exact) mass is 398 g/mol. The van der Waals surface area contributed by atoms with Crippen molar-refractivity contribution in [2.24, 2.45) is 5.73 Å². The van der Waals surface area contributed by atoms with Crippen LogP contribution in [-0.4, -0.2) is 62.1 Å². The number of sulfonamides is 1. The summed E-state index contributed by atoms with van der Waals surface area (Å²) in [7, 11) is -3.67. The maximum absolute atomic E-state index is 12.3. The summed E-state index contributed by atoms with van der Waals surface area (Å²) in [5.74, 6) is -0.926. The molecule has 0 aliphatic carbocycles. The van der Waals surface area contributed by atoms with Crippen LogP contribution >= 0.6 is 12.4 Å². The van der Waals surface area contributed by atoms with Crippen LogP contribution in [0.4, 0.5) is 0 Å². The summed E-state index contributed by atoms with van der Waals surface area (Å²) < 4.78 is 26.1. The number of hydrogen-bond acceptors (Lipinski definition) is 5. The Bertz CT molecular complexity index is 540. The Morgan fingerprint density at radius 2 is 1.88 bits per heavy atom. The first-order chi connectivity index (χ1) is 11.1. The van der Waals surface area contributed by atoms with E-state index in [1.807, 2.05) is 6.92 Å². The lowest BCUT2D eigenvalue weighted by Crippen LogP contribution is -2.52. The van der Waals surface area contributed by atoms with E-state index in [1.54, 1.807) is 18.7 Å². The molecule has 148 valence electrons. The molecule has 1 aliphatic heterocycles. The van der Waals surface area contributed by atoms with E-state index in [4.69, 9.17) is 5.73 Å². The van der Waals surface area contributed by atoms with Crippen molar-refractivity contribution in [2.75, 3.05) is 18.8 Å². The number of carbonyl (C=O) groups is 2. The van der Waals surface area contributed by atoms with Crippen molar-refractivity contribution in [1.82, 2.24) is 14.9 Å². The molecule has 2 atom stereocenters. The second-order valence-electron chi connectivity index (χ2n) is 6.62. The summed E-state index contributed by atoms with van der Waals surface area (Å²) in [6.07, 6.45) is 2.68. The summed E-state index contributed by atoms with van der Waals surface area (Å²) in [5.41, 5.74) is 5.93. The number of amides is 2. The number of nitrogens with two attached hydrogens (primary N) is 1. The van der Waals surface area contributed by atoms with E-state index < -0.39 is 15.9 Å². The Kier molecular flexibility index (Phi) is 10.6. The lowest BCUT2D eigenvalue weighted by molar-refractivity contribution is -0.134. The van der Waals surface area contributed by atoms with E-state index in [0.29, 0.717) is 6.54 Å². The zero-order valence-electron chi connectivity index (χ0n) is 15.2. The molecule has 1 fully saturated rings. The van der Waals surface area contributed by atoms with Crippen molar-refractivity contribution >= 4 is 34.2 Å². The van der Waals surface area contributed by atoms with Gasteiger partial charge in [-0.2, -0.15) is 0 Å². The highest BCUT2D eigenvalue weighted by atomic mass is 35.5. The second kappa shape index (κ2) is 10.9. The first-order valence-electron chi connectivity index (χ1n) is 8.44. The van der Waals surface area contributed by atoms with Crippen molar-refractivity contribution < 1.29 is 18.0 Å². The SMILES string of the molecule is CC(C)NC(=O)CNS(=O)(=O)CCC(=O)N1CCCCC1C(C)N.Cl. The molecule has 2 unspecified atom stereocenters. The van der Waals surface area contributed by atoms with Crippen LogP contribution in [0.3, 0.4) is 0 Å². The van der Waals surface area contributed by atoms with Crippen LogP contribution < -0.4 is 15.8 Å². The molecular formula is C15H31ClN4O4S. The van der Waals surface area contributed by atoms with Gasteiger partial charge in [-0.15, -0.1) is 12.4 Å². The van der Waals surface area contributed by atoms with Crippen LogP contribution in [0, 0.1) is 0 Å². The van der Waals surface area contributed by atoms with Crippen molar-refractivity contribution in [3.63, 3.8) is 0 Å². The summed E-state index contributed by atoms with van der Waals surface area (Å²) in [6.45, 7) is 5.75. The molecule has 0 aromatic carbocycles. The Labute approximate surface area is 156 Å².